The van der Waals surface area contributed by atoms with Crippen LogP contribution in [-0.2, 0) is 27.4 Å². The summed E-state index contributed by atoms with van der Waals surface area (Å²) in [6, 6.07) is 4.13. The molecule has 7 nitrogen and oxygen atoms in total. The second-order valence-electron chi connectivity index (χ2n) is 8.63. The first kappa shape index (κ1) is 18.3. The number of carbonyl (C=O) groups excluding carboxylic acids is 1. The van der Waals surface area contributed by atoms with E-state index < -0.39 is 0 Å². The van der Waals surface area contributed by atoms with Crippen LogP contribution in [0, 0.1) is 5.92 Å². The number of piperidine rings is 1. The Morgan fingerprint density at radius 2 is 1.96 bits per heavy atom. The molecule has 1 aromatic heterocycles. The maximum atomic E-state index is 13.1. The molecule has 3 fully saturated rings. The van der Waals surface area contributed by atoms with Crippen molar-refractivity contribution >= 4 is 5.91 Å². The van der Waals surface area contributed by atoms with Crippen molar-refractivity contribution < 1.29 is 14.3 Å². The van der Waals surface area contributed by atoms with E-state index in [0.717, 1.165) is 69.9 Å². The Labute approximate surface area is 165 Å². The van der Waals surface area contributed by atoms with Crippen LogP contribution in [0.3, 0.4) is 0 Å². The topological polar surface area (TPSA) is 64.0 Å². The first-order chi connectivity index (χ1) is 13.7. The minimum Gasteiger partial charge on any atom is -0.379 e. The highest BCUT2D eigenvalue weighted by molar-refractivity contribution is 5.81. The Kier molecular flexibility index (Phi) is 4.99. The normalized spacial score (nSPS) is 30.3. The van der Waals surface area contributed by atoms with Crippen LogP contribution in [0.15, 0.2) is 16.9 Å². The molecule has 0 radical (unpaired) electrons. The molecule has 0 N–H and O–H groups in total. The molecule has 28 heavy (non-hydrogen) atoms. The number of amides is 1. The van der Waals surface area contributed by atoms with Gasteiger partial charge in [-0.15, -0.1) is 0 Å². The van der Waals surface area contributed by atoms with Crippen molar-refractivity contribution in [2.24, 2.45) is 5.92 Å². The zero-order valence-corrected chi connectivity index (χ0v) is 16.3. The number of carbonyl (C=O) groups is 1. The van der Waals surface area contributed by atoms with E-state index in [9.17, 15) is 9.59 Å². The molecule has 4 aliphatic heterocycles. The second-order valence-corrected chi connectivity index (χ2v) is 8.63. The van der Waals surface area contributed by atoms with E-state index in [0.29, 0.717) is 25.6 Å². The lowest BCUT2D eigenvalue weighted by Crippen LogP contribution is -2.51. The van der Waals surface area contributed by atoms with Gasteiger partial charge in [0.2, 0.25) is 0 Å². The summed E-state index contributed by atoms with van der Waals surface area (Å²) in [6.07, 6.45) is 2.63. The molecule has 7 heteroatoms. The van der Waals surface area contributed by atoms with Gasteiger partial charge >= 0.3 is 0 Å². The third-order valence-corrected chi connectivity index (χ3v) is 6.70. The zero-order valence-electron chi connectivity index (χ0n) is 16.3. The number of likely N-dealkylation sites (tertiary alicyclic amines) is 1. The maximum Gasteiger partial charge on any atom is 0.255 e. The molecule has 0 aliphatic carbocycles. The molecule has 4 aliphatic rings. The lowest BCUT2D eigenvalue weighted by molar-refractivity contribution is -0.143. The van der Waals surface area contributed by atoms with E-state index in [1.807, 2.05) is 15.5 Å². The van der Waals surface area contributed by atoms with E-state index in [1.165, 1.54) is 0 Å². The molecule has 152 valence electrons. The molecule has 1 aromatic rings. The van der Waals surface area contributed by atoms with Crippen molar-refractivity contribution in [2.75, 3.05) is 46.0 Å². The highest BCUT2D eigenvalue weighted by Crippen LogP contribution is 2.36. The number of morpholine rings is 1. The van der Waals surface area contributed by atoms with E-state index in [2.05, 4.69) is 11.0 Å². The number of pyridine rings is 1. The fourth-order valence-corrected chi connectivity index (χ4v) is 5.27. The van der Waals surface area contributed by atoms with Crippen molar-refractivity contribution in [1.29, 1.82) is 0 Å². The van der Waals surface area contributed by atoms with Gasteiger partial charge in [0, 0.05) is 63.1 Å². The Morgan fingerprint density at radius 1 is 1.11 bits per heavy atom. The van der Waals surface area contributed by atoms with Crippen molar-refractivity contribution in [1.82, 2.24) is 14.4 Å². The summed E-state index contributed by atoms with van der Waals surface area (Å²) in [4.78, 5) is 30.2. The molecule has 0 saturated carbocycles. The third-order valence-electron chi connectivity index (χ3n) is 6.70. The molecule has 0 spiro atoms. The van der Waals surface area contributed by atoms with Crippen molar-refractivity contribution in [3.63, 3.8) is 0 Å². The first-order valence-corrected chi connectivity index (χ1v) is 10.6. The predicted octanol–water partition coefficient (Wildman–Crippen LogP) is 0.805. The van der Waals surface area contributed by atoms with Crippen LogP contribution < -0.4 is 5.56 Å². The number of rotatable bonds is 3. The average Bonchev–Trinajstić information content (AvgIpc) is 3.25. The van der Waals surface area contributed by atoms with E-state index in [4.69, 9.17) is 9.47 Å². The van der Waals surface area contributed by atoms with Gasteiger partial charge in [-0.1, -0.05) is 6.07 Å². The van der Waals surface area contributed by atoms with Crippen LogP contribution in [0.4, 0.5) is 0 Å². The molecular formula is C21H29N3O4. The van der Waals surface area contributed by atoms with E-state index in [1.54, 1.807) is 0 Å². The lowest BCUT2D eigenvalue weighted by Gasteiger charge is -2.43. The fraction of sp³-hybridized carbons (Fsp3) is 0.714. The molecule has 5 rings (SSSR count). The third kappa shape index (κ3) is 3.40. The monoisotopic (exact) mass is 387 g/mol. The van der Waals surface area contributed by atoms with E-state index >= 15 is 0 Å². The molecular weight excluding hydrogens is 358 g/mol. The standard InChI is InChI=1S/C21H29N3O4/c25-20-16(13-22-5-8-27-9-6-22)3-4-18-17-10-15(12-24(18)20)11-23(14-17)21(26)19-2-1-7-28-19/h3-4,15,17,19H,1-2,5-14H2/t15-,17+,19-/m0/s1. The molecule has 3 atom stereocenters. The number of hydrogen-bond acceptors (Lipinski definition) is 5. The minimum absolute atomic E-state index is 0.145. The van der Waals surface area contributed by atoms with Gasteiger partial charge in [0.05, 0.1) is 13.2 Å². The first-order valence-electron chi connectivity index (χ1n) is 10.6. The van der Waals surface area contributed by atoms with Gasteiger partial charge < -0.3 is 18.9 Å². The summed E-state index contributed by atoms with van der Waals surface area (Å²) in [6.45, 7) is 6.81. The number of fused-ring (bicyclic) bond motifs is 4. The lowest BCUT2D eigenvalue weighted by atomic mass is 9.82. The number of hydrogen-bond donors (Lipinski definition) is 0. The van der Waals surface area contributed by atoms with Crippen LogP contribution in [-0.4, -0.2) is 72.4 Å². The maximum absolute atomic E-state index is 13.1. The van der Waals surface area contributed by atoms with Crippen molar-refractivity contribution in [3.05, 3.63) is 33.7 Å². The second kappa shape index (κ2) is 7.61. The van der Waals surface area contributed by atoms with Crippen molar-refractivity contribution in [2.45, 2.75) is 44.4 Å². The summed E-state index contributed by atoms with van der Waals surface area (Å²) in [7, 11) is 0. The smallest absolute Gasteiger partial charge is 0.255 e. The van der Waals surface area contributed by atoms with Crippen LogP contribution in [0.5, 0.6) is 0 Å². The Hall–Kier alpha value is -1.70. The molecule has 5 heterocycles. The summed E-state index contributed by atoms with van der Waals surface area (Å²) in [5.74, 6) is 0.753. The van der Waals surface area contributed by atoms with Crippen LogP contribution in [0.25, 0.3) is 0 Å². The van der Waals surface area contributed by atoms with Gasteiger partial charge in [-0.05, 0) is 31.2 Å². The van der Waals surface area contributed by atoms with Gasteiger partial charge in [0.25, 0.3) is 11.5 Å². The Bertz CT molecular complexity index is 795. The van der Waals surface area contributed by atoms with Crippen LogP contribution >= 0.6 is 0 Å². The predicted molar refractivity (Wildman–Crippen MR) is 103 cm³/mol. The van der Waals surface area contributed by atoms with Gasteiger partial charge in [-0.2, -0.15) is 0 Å². The van der Waals surface area contributed by atoms with Gasteiger partial charge in [-0.3, -0.25) is 14.5 Å². The van der Waals surface area contributed by atoms with Gasteiger partial charge in [0.1, 0.15) is 6.10 Å². The Morgan fingerprint density at radius 3 is 2.75 bits per heavy atom. The molecule has 0 unspecified atom stereocenters. The Balaban J connectivity index is 1.34. The molecule has 0 aromatic carbocycles. The van der Waals surface area contributed by atoms with E-state index in [-0.39, 0.29) is 23.5 Å². The van der Waals surface area contributed by atoms with Crippen LogP contribution in [0.1, 0.15) is 36.4 Å². The number of ether oxygens (including phenoxy) is 2. The van der Waals surface area contributed by atoms with Gasteiger partial charge in [-0.25, -0.2) is 0 Å². The SMILES string of the molecule is O=C([C@@H]1CCCO1)N1C[C@@H]2C[C@H](C1)c1ccc(CN3CCOCC3)c(=O)n1C2. The minimum atomic E-state index is -0.253. The quantitative estimate of drug-likeness (QED) is 0.768. The summed E-state index contributed by atoms with van der Waals surface area (Å²) in [5, 5.41) is 0. The summed E-state index contributed by atoms with van der Waals surface area (Å²) in [5.41, 5.74) is 2.12. The summed E-state index contributed by atoms with van der Waals surface area (Å²) < 4.78 is 13.0. The average molecular weight is 387 g/mol. The fourth-order valence-electron chi connectivity index (χ4n) is 5.27. The molecule has 2 bridgehead atoms. The number of nitrogens with zero attached hydrogens (tertiary/aromatic N) is 3. The summed E-state index contributed by atoms with van der Waals surface area (Å²) >= 11 is 0. The molecule has 1 amide bonds. The zero-order chi connectivity index (χ0) is 19.1. The highest BCUT2D eigenvalue weighted by atomic mass is 16.5. The molecule has 3 saturated heterocycles. The number of aromatic nitrogens is 1. The van der Waals surface area contributed by atoms with Gasteiger partial charge in [0.15, 0.2) is 0 Å². The van der Waals surface area contributed by atoms with Crippen molar-refractivity contribution in [3.8, 4) is 0 Å². The highest BCUT2D eigenvalue weighted by Gasteiger charge is 2.39. The van der Waals surface area contributed by atoms with Crippen LogP contribution in [0.2, 0.25) is 0 Å². The largest absolute Gasteiger partial charge is 0.379 e.